The predicted octanol–water partition coefficient (Wildman–Crippen LogP) is 5.58. The second-order valence-electron chi connectivity index (χ2n) is 9.85. The fourth-order valence-corrected chi connectivity index (χ4v) is 5.42. The largest absolute Gasteiger partial charge is 0.486 e. The van der Waals surface area contributed by atoms with E-state index in [1.165, 1.54) is 11.1 Å². The first kappa shape index (κ1) is 24.2. The lowest BCUT2D eigenvalue weighted by Crippen LogP contribution is -2.43. The van der Waals surface area contributed by atoms with Crippen LogP contribution < -0.4 is 10.1 Å². The number of hydrogen-bond acceptors (Lipinski definition) is 4. The van der Waals surface area contributed by atoms with Crippen LogP contribution in [0.4, 0.5) is 0 Å². The predicted molar refractivity (Wildman–Crippen MR) is 138 cm³/mol. The molecule has 188 valence electrons. The van der Waals surface area contributed by atoms with Gasteiger partial charge in [0.05, 0.1) is 6.04 Å². The zero-order valence-electron chi connectivity index (χ0n) is 21.1. The number of nitrogens with zero attached hydrogens (tertiary/aromatic N) is 1. The molecule has 6 heteroatoms. The number of aryl methyl sites for hydroxylation is 1. The molecule has 5 rings (SSSR count). The Morgan fingerprint density at radius 1 is 1.06 bits per heavy atom. The molecule has 36 heavy (non-hydrogen) atoms. The van der Waals surface area contributed by atoms with E-state index in [1.807, 2.05) is 13.0 Å². The number of ether oxygens (including phenoxy) is 1. The third-order valence-electron chi connectivity index (χ3n) is 7.33. The summed E-state index contributed by atoms with van der Waals surface area (Å²) in [5, 5.41) is 2.73. The van der Waals surface area contributed by atoms with Crippen LogP contribution in [0.15, 0.2) is 59.0 Å². The van der Waals surface area contributed by atoms with Crippen LogP contribution in [0.2, 0.25) is 0 Å². The number of carbonyl (C=O) groups excluding carboxylic acids is 2. The number of amides is 2. The summed E-state index contributed by atoms with van der Waals surface area (Å²) in [6.45, 7) is 5.45. The molecule has 1 atom stereocenters. The van der Waals surface area contributed by atoms with Crippen molar-refractivity contribution in [2.24, 2.45) is 5.92 Å². The minimum atomic E-state index is -0.231. The topological polar surface area (TPSA) is 71.8 Å². The molecule has 1 N–H and O–H groups in total. The zero-order chi connectivity index (χ0) is 25.1. The molecule has 0 unspecified atom stereocenters. The molecular weight excluding hydrogens is 452 g/mol. The molecule has 0 saturated heterocycles. The van der Waals surface area contributed by atoms with Crippen molar-refractivity contribution in [1.29, 1.82) is 0 Å². The smallest absolute Gasteiger partial charge is 0.286 e. The van der Waals surface area contributed by atoms with E-state index < -0.39 is 0 Å². The lowest BCUT2D eigenvalue weighted by Gasteiger charge is -2.39. The molecule has 2 heterocycles. The van der Waals surface area contributed by atoms with Crippen LogP contribution in [0.25, 0.3) is 0 Å². The van der Waals surface area contributed by atoms with Crippen molar-refractivity contribution in [1.82, 2.24) is 10.2 Å². The molecule has 1 aromatic heterocycles. The normalized spacial score (nSPS) is 17.6. The van der Waals surface area contributed by atoms with Gasteiger partial charge in [-0.25, -0.2) is 0 Å². The SMILES string of the molecule is CCNC(=O)c1ccc(COc2ccc3c(c2)[C@@H](c2ccc(C)cc2)N(C(=O)C2CCCC2)CC3)o1. The minimum Gasteiger partial charge on any atom is -0.486 e. The number of nitrogens with one attached hydrogen (secondary N) is 1. The molecule has 3 aromatic rings. The van der Waals surface area contributed by atoms with Crippen molar-refractivity contribution in [3.8, 4) is 5.75 Å². The summed E-state index contributed by atoms with van der Waals surface area (Å²) in [7, 11) is 0. The van der Waals surface area contributed by atoms with Gasteiger partial charge in [-0.05, 0) is 74.1 Å². The van der Waals surface area contributed by atoms with Crippen molar-refractivity contribution < 1.29 is 18.7 Å². The van der Waals surface area contributed by atoms with Crippen LogP contribution in [0.3, 0.4) is 0 Å². The van der Waals surface area contributed by atoms with Crippen LogP contribution >= 0.6 is 0 Å². The average Bonchev–Trinajstić information content (AvgIpc) is 3.60. The van der Waals surface area contributed by atoms with Crippen LogP contribution in [-0.4, -0.2) is 29.8 Å². The van der Waals surface area contributed by atoms with Gasteiger partial charge in [-0.15, -0.1) is 0 Å². The van der Waals surface area contributed by atoms with Gasteiger partial charge in [0.25, 0.3) is 5.91 Å². The quantitative estimate of drug-likeness (QED) is 0.473. The third-order valence-corrected chi connectivity index (χ3v) is 7.33. The monoisotopic (exact) mass is 486 g/mol. The first-order valence-electron chi connectivity index (χ1n) is 13.0. The summed E-state index contributed by atoms with van der Waals surface area (Å²) < 4.78 is 11.7. The van der Waals surface area contributed by atoms with E-state index >= 15 is 0 Å². The van der Waals surface area contributed by atoms with Crippen LogP contribution in [0.5, 0.6) is 5.75 Å². The highest BCUT2D eigenvalue weighted by molar-refractivity contribution is 5.91. The number of furan rings is 1. The van der Waals surface area contributed by atoms with Crippen LogP contribution in [0, 0.1) is 12.8 Å². The highest BCUT2D eigenvalue weighted by Crippen LogP contribution is 2.39. The molecule has 2 aliphatic rings. The molecule has 1 aliphatic heterocycles. The van der Waals surface area contributed by atoms with Crippen molar-refractivity contribution >= 4 is 11.8 Å². The number of fused-ring (bicyclic) bond motifs is 1. The maximum atomic E-state index is 13.6. The number of benzene rings is 2. The summed E-state index contributed by atoms with van der Waals surface area (Å²) in [5.41, 5.74) is 4.70. The Labute approximate surface area is 212 Å². The Hall–Kier alpha value is -3.54. The summed E-state index contributed by atoms with van der Waals surface area (Å²) >= 11 is 0. The molecule has 1 saturated carbocycles. The van der Waals surface area contributed by atoms with Crippen molar-refractivity contribution in [3.05, 3.63) is 88.4 Å². The van der Waals surface area contributed by atoms with Gasteiger partial charge in [-0.1, -0.05) is 48.7 Å². The van der Waals surface area contributed by atoms with Crippen LogP contribution in [0.1, 0.15) is 77.2 Å². The fourth-order valence-electron chi connectivity index (χ4n) is 5.42. The molecule has 0 radical (unpaired) electrons. The lowest BCUT2D eigenvalue weighted by atomic mass is 9.86. The Bertz CT molecular complexity index is 1220. The summed E-state index contributed by atoms with van der Waals surface area (Å²) in [5.74, 6) is 1.77. The lowest BCUT2D eigenvalue weighted by molar-refractivity contribution is -0.137. The zero-order valence-corrected chi connectivity index (χ0v) is 21.1. The number of rotatable bonds is 7. The first-order chi connectivity index (χ1) is 17.5. The Kier molecular flexibility index (Phi) is 7.12. The van der Waals surface area contributed by atoms with Crippen molar-refractivity contribution in [2.75, 3.05) is 13.1 Å². The van der Waals surface area contributed by atoms with Gasteiger partial charge < -0.3 is 19.4 Å². The molecule has 6 nitrogen and oxygen atoms in total. The Balaban J connectivity index is 1.40. The maximum absolute atomic E-state index is 13.6. The molecule has 2 aromatic carbocycles. The molecule has 0 bridgehead atoms. The van der Waals surface area contributed by atoms with E-state index in [0.717, 1.165) is 55.5 Å². The van der Waals surface area contributed by atoms with E-state index in [4.69, 9.17) is 9.15 Å². The van der Waals surface area contributed by atoms with Gasteiger partial charge in [0.2, 0.25) is 5.91 Å². The minimum absolute atomic E-state index is 0.126. The summed E-state index contributed by atoms with van der Waals surface area (Å²) in [6.07, 6.45) is 5.11. The maximum Gasteiger partial charge on any atom is 0.286 e. The molecule has 1 fully saturated rings. The van der Waals surface area contributed by atoms with Gasteiger partial charge >= 0.3 is 0 Å². The Morgan fingerprint density at radius 2 is 1.83 bits per heavy atom. The van der Waals surface area contributed by atoms with Gasteiger partial charge in [0.15, 0.2) is 5.76 Å². The molecule has 0 spiro atoms. The van der Waals surface area contributed by atoms with Crippen molar-refractivity contribution in [3.63, 3.8) is 0 Å². The second kappa shape index (κ2) is 10.6. The number of hydrogen-bond donors (Lipinski definition) is 1. The van der Waals surface area contributed by atoms with E-state index in [2.05, 4.69) is 53.5 Å². The third kappa shape index (κ3) is 5.03. The van der Waals surface area contributed by atoms with Crippen LogP contribution in [-0.2, 0) is 17.8 Å². The average molecular weight is 487 g/mol. The van der Waals surface area contributed by atoms with E-state index in [-0.39, 0.29) is 36.1 Å². The molecular formula is C30H34N2O4. The fraction of sp³-hybridized carbons (Fsp3) is 0.400. The van der Waals surface area contributed by atoms with Gasteiger partial charge in [0.1, 0.15) is 18.1 Å². The Morgan fingerprint density at radius 3 is 2.58 bits per heavy atom. The summed E-state index contributed by atoms with van der Waals surface area (Å²) in [4.78, 5) is 27.7. The van der Waals surface area contributed by atoms with Gasteiger partial charge in [-0.3, -0.25) is 9.59 Å². The first-order valence-corrected chi connectivity index (χ1v) is 13.0. The highest BCUT2D eigenvalue weighted by Gasteiger charge is 2.36. The van der Waals surface area contributed by atoms with Gasteiger partial charge in [0, 0.05) is 19.0 Å². The van der Waals surface area contributed by atoms with E-state index in [1.54, 1.807) is 12.1 Å². The van der Waals surface area contributed by atoms with E-state index in [0.29, 0.717) is 12.3 Å². The number of carbonyl (C=O) groups is 2. The summed E-state index contributed by atoms with van der Waals surface area (Å²) in [6, 6.07) is 18.0. The molecule has 2 amide bonds. The van der Waals surface area contributed by atoms with E-state index in [9.17, 15) is 9.59 Å². The second-order valence-corrected chi connectivity index (χ2v) is 9.85. The standard InChI is InChI=1S/C30H34N2O4/c1-3-31-29(33)27-15-14-25(36-27)19-35-24-13-12-21-16-17-32(30(34)23-6-4-5-7-23)28(26(21)18-24)22-10-8-20(2)9-11-22/h8-15,18,23,28H,3-7,16-17,19H2,1-2H3,(H,31,33)/t28-/m1/s1. The van der Waals surface area contributed by atoms with Crippen molar-refractivity contribution in [2.45, 2.75) is 58.6 Å². The molecule has 1 aliphatic carbocycles. The highest BCUT2D eigenvalue weighted by atomic mass is 16.5. The van der Waals surface area contributed by atoms with Gasteiger partial charge in [-0.2, -0.15) is 0 Å².